The molecular formula is C23H22N2OS. The highest BCUT2D eigenvalue weighted by Gasteiger charge is 2.24. The summed E-state index contributed by atoms with van der Waals surface area (Å²) < 4.78 is 0. The molecule has 136 valence electrons. The monoisotopic (exact) mass is 374 g/mol. The van der Waals surface area contributed by atoms with Gasteiger partial charge in [0.15, 0.2) is 5.11 Å². The molecule has 27 heavy (non-hydrogen) atoms. The van der Waals surface area contributed by atoms with Gasteiger partial charge >= 0.3 is 0 Å². The van der Waals surface area contributed by atoms with Crippen LogP contribution in [0.15, 0.2) is 91.0 Å². The SMILES string of the molecule is CCN(C(=S)NC(=O)C(c1ccccc1)c1ccccc1)c1ccccc1. The second kappa shape index (κ2) is 9.10. The third kappa shape index (κ3) is 4.60. The second-order valence-corrected chi connectivity index (χ2v) is 6.52. The molecule has 0 heterocycles. The highest BCUT2D eigenvalue weighted by molar-refractivity contribution is 7.80. The molecule has 0 unspecified atom stereocenters. The van der Waals surface area contributed by atoms with Crippen LogP contribution in [0.1, 0.15) is 24.0 Å². The van der Waals surface area contributed by atoms with Crippen molar-refractivity contribution in [3.8, 4) is 0 Å². The molecule has 0 saturated carbocycles. The van der Waals surface area contributed by atoms with E-state index in [4.69, 9.17) is 12.2 Å². The van der Waals surface area contributed by atoms with Crippen LogP contribution in [0.3, 0.4) is 0 Å². The maximum Gasteiger partial charge on any atom is 0.238 e. The topological polar surface area (TPSA) is 32.3 Å². The first-order valence-electron chi connectivity index (χ1n) is 8.98. The Morgan fingerprint density at radius 1 is 0.852 bits per heavy atom. The van der Waals surface area contributed by atoms with Crippen LogP contribution >= 0.6 is 12.2 Å². The van der Waals surface area contributed by atoms with Gasteiger partial charge in [-0.05, 0) is 42.4 Å². The van der Waals surface area contributed by atoms with Gasteiger partial charge in [-0.25, -0.2) is 0 Å². The maximum atomic E-state index is 13.2. The summed E-state index contributed by atoms with van der Waals surface area (Å²) in [6.45, 7) is 2.68. The summed E-state index contributed by atoms with van der Waals surface area (Å²) in [5.41, 5.74) is 2.83. The fraction of sp³-hybridized carbons (Fsp3) is 0.130. The Morgan fingerprint density at radius 3 is 1.74 bits per heavy atom. The Labute approximate surface area is 165 Å². The number of nitrogens with zero attached hydrogens (tertiary/aromatic N) is 1. The van der Waals surface area contributed by atoms with Crippen LogP contribution in [-0.2, 0) is 4.79 Å². The van der Waals surface area contributed by atoms with E-state index in [-0.39, 0.29) is 5.91 Å². The fourth-order valence-corrected chi connectivity index (χ4v) is 3.42. The number of nitrogens with one attached hydrogen (secondary N) is 1. The largest absolute Gasteiger partial charge is 0.319 e. The Balaban J connectivity index is 1.85. The molecule has 4 heteroatoms. The summed E-state index contributed by atoms with van der Waals surface area (Å²) in [4.78, 5) is 15.1. The minimum Gasteiger partial charge on any atom is -0.319 e. The maximum absolute atomic E-state index is 13.2. The van der Waals surface area contributed by atoms with Crippen molar-refractivity contribution in [2.75, 3.05) is 11.4 Å². The standard InChI is InChI=1S/C23H22N2OS/c1-2-25(20-16-10-5-11-17-20)23(27)24-22(26)21(18-12-6-3-7-13-18)19-14-8-4-9-15-19/h3-17,21H,2H2,1H3,(H,24,26,27). The second-order valence-electron chi connectivity index (χ2n) is 6.13. The number of hydrogen-bond acceptors (Lipinski definition) is 2. The van der Waals surface area contributed by atoms with Crippen LogP contribution in [0.4, 0.5) is 5.69 Å². The van der Waals surface area contributed by atoms with E-state index < -0.39 is 5.92 Å². The zero-order valence-electron chi connectivity index (χ0n) is 15.2. The Morgan fingerprint density at radius 2 is 1.30 bits per heavy atom. The van der Waals surface area contributed by atoms with Gasteiger partial charge < -0.3 is 10.2 Å². The summed E-state index contributed by atoms with van der Waals surface area (Å²) in [6, 6.07) is 29.4. The molecule has 3 nitrogen and oxygen atoms in total. The van der Waals surface area contributed by atoms with Crippen molar-refractivity contribution in [1.29, 1.82) is 0 Å². The molecule has 0 aliphatic rings. The molecule has 1 N–H and O–H groups in total. The van der Waals surface area contributed by atoms with Crippen LogP contribution < -0.4 is 10.2 Å². The third-order valence-electron chi connectivity index (χ3n) is 4.39. The number of benzene rings is 3. The normalized spacial score (nSPS) is 10.4. The van der Waals surface area contributed by atoms with Crippen LogP contribution in [0.5, 0.6) is 0 Å². The molecule has 0 aliphatic carbocycles. The molecule has 0 saturated heterocycles. The van der Waals surface area contributed by atoms with Gasteiger partial charge in [0.1, 0.15) is 0 Å². The molecular weight excluding hydrogens is 352 g/mol. The third-order valence-corrected chi connectivity index (χ3v) is 4.71. The zero-order chi connectivity index (χ0) is 19.1. The minimum atomic E-state index is -0.417. The number of hydrogen-bond donors (Lipinski definition) is 1. The van der Waals surface area contributed by atoms with Crippen LogP contribution in [0.25, 0.3) is 0 Å². The average Bonchev–Trinajstić information content (AvgIpc) is 2.71. The molecule has 3 aromatic carbocycles. The quantitative estimate of drug-likeness (QED) is 0.654. The number of carbonyl (C=O) groups is 1. The Kier molecular flexibility index (Phi) is 6.34. The van der Waals surface area contributed by atoms with E-state index in [9.17, 15) is 4.79 Å². The predicted octanol–water partition coefficient (Wildman–Crippen LogP) is 4.75. The van der Waals surface area contributed by atoms with Gasteiger partial charge in [-0.1, -0.05) is 78.9 Å². The van der Waals surface area contributed by atoms with E-state index in [1.165, 1.54) is 0 Å². The molecule has 0 atom stereocenters. The summed E-state index contributed by atoms with van der Waals surface area (Å²) in [7, 11) is 0. The molecule has 1 amide bonds. The van der Waals surface area contributed by atoms with Crippen LogP contribution in [0, 0.1) is 0 Å². The lowest BCUT2D eigenvalue weighted by Gasteiger charge is -2.26. The van der Waals surface area contributed by atoms with Crippen LogP contribution in [-0.4, -0.2) is 17.6 Å². The average molecular weight is 375 g/mol. The molecule has 0 bridgehead atoms. The first-order chi connectivity index (χ1) is 13.2. The summed E-state index contributed by atoms with van der Waals surface area (Å²) in [5.74, 6) is -0.549. The van der Waals surface area contributed by atoms with Crippen LogP contribution in [0.2, 0.25) is 0 Å². The van der Waals surface area contributed by atoms with E-state index >= 15 is 0 Å². The first kappa shape index (κ1) is 18.8. The minimum absolute atomic E-state index is 0.133. The van der Waals surface area contributed by atoms with Crippen molar-refractivity contribution in [1.82, 2.24) is 5.32 Å². The summed E-state index contributed by atoms with van der Waals surface area (Å²) in [6.07, 6.45) is 0. The summed E-state index contributed by atoms with van der Waals surface area (Å²) in [5, 5.41) is 3.35. The number of anilines is 1. The van der Waals surface area contributed by atoms with E-state index in [0.29, 0.717) is 11.7 Å². The highest BCUT2D eigenvalue weighted by atomic mass is 32.1. The van der Waals surface area contributed by atoms with Gasteiger partial charge in [0.25, 0.3) is 0 Å². The van der Waals surface area contributed by atoms with Gasteiger partial charge in [0, 0.05) is 12.2 Å². The molecule has 3 rings (SSSR count). The van der Waals surface area contributed by atoms with Crippen molar-refractivity contribution in [2.45, 2.75) is 12.8 Å². The number of para-hydroxylation sites is 1. The number of rotatable bonds is 5. The number of carbonyl (C=O) groups excluding carboxylic acids is 1. The molecule has 0 aliphatic heterocycles. The molecule has 0 aromatic heterocycles. The molecule has 0 fully saturated rings. The van der Waals surface area contributed by atoms with Gasteiger partial charge in [-0.15, -0.1) is 0 Å². The number of thiocarbonyl (C=S) groups is 1. The van der Waals surface area contributed by atoms with Gasteiger partial charge in [0.2, 0.25) is 5.91 Å². The van der Waals surface area contributed by atoms with Crippen molar-refractivity contribution in [2.24, 2.45) is 0 Å². The van der Waals surface area contributed by atoms with Crippen molar-refractivity contribution < 1.29 is 4.79 Å². The Bertz CT molecular complexity index is 843. The van der Waals surface area contributed by atoms with E-state index in [2.05, 4.69) is 5.32 Å². The Hall–Kier alpha value is -2.98. The predicted molar refractivity (Wildman–Crippen MR) is 115 cm³/mol. The smallest absolute Gasteiger partial charge is 0.238 e. The summed E-state index contributed by atoms with van der Waals surface area (Å²) >= 11 is 5.55. The van der Waals surface area contributed by atoms with E-state index in [0.717, 1.165) is 16.8 Å². The van der Waals surface area contributed by atoms with Crippen molar-refractivity contribution >= 4 is 28.9 Å². The highest BCUT2D eigenvalue weighted by Crippen LogP contribution is 2.25. The lowest BCUT2D eigenvalue weighted by atomic mass is 9.90. The van der Waals surface area contributed by atoms with Crippen molar-refractivity contribution in [3.05, 3.63) is 102 Å². The van der Waals surface area contributed by atoms with Gasteiger partial charge in [0.05, 0.1) is 5.92 Å². The first-order valence-corrected chi connectivity index (χ1v) is 9.39. The zero-order valence-corrected chi connectivity index (χ0v) is 16.0. The van der Waals surface area contributed by atoms with Crippen molar-refractivity contribution in [3.63, 3.8) is 0 Å². The lowest BCUT2D eigenvalue weighted by molar-refractivity contribution is -0.120. The fourth-order valence-electron chi connectivity index (χ4n) is 3.08. The number of amides is 1. The van der Waals surface area contributed by atoms with Gasteiger partial charge in [-0.3, -0.25) is 4.79 Å². The molecule has 3 aromatic rings. The van der Waals surface area contributed by atoms with Gasteiger partial charge in [-0.2, -0.15) is 0 Å². The lowest BCUT2D eigenvalue weighted by Crippen LogP contribution is -2.44. The molecule has 0 radical (unpaired) electrons. The van der Waals surface area contributed by atoms with E-state index in [1.54, 1.807) is 0 Å². The molecule has 0 spiro atoms. The van der Waals surface area contributed by atoms with E-state index in [1.807, 2.05) is 103 Å².